The van der Waals surface area contributed by atoms with E-state index in [4.69, 9.17) is 11.0 Å². The highest BCUT2D eigenvalue weighted by Gasteiger charge is 2.13. The van der Waals surface area contributed by atoms with Gasteiger partial charge in [-0.05, 0) is 38.6 Å². The maximum Gasteiger partial charge on any atom is 0.0666 e. The summed E-state index contributed by atoms with van der Waals surface area (Å²) in [6, 6.07) is 10.4. The highest BCUT2D eigenvalue weighted by Crippen LogP contribution is 2.21. The lowest BCUT2D eigenvalue weighted by atomic mass is 10.1. The van der Waals surface area contributed by atoms with E-state index in [1.807, 2.05) is 32.2 Å². The van der Waals surface area contributed by atoms with Crippen LogP contribution in [-0.4, -0.2) is 18.5 Å². The molecule has 2 atom stereocenters. The Labute approximate surface area is 97.5 Å². The van der Waals surface area contributed by atoms with Crippen LogP contribution in [0.4, 0.5) is 5.69 Å². The molecule has 0 aliphatic carbocycles. The van der Waals surface area contributed by atoms with Crippen LogP contribution >= 0.6 is 0 Å². The van der Waals surface area contributed by atoms with Gasteiger partial charge in [0, 0.05) is 18.3 Å². The number of nitrogens with two attached hydrogens (primary N) is 1. The molecule has 0 amide bonds. The molecule has 0 radical (unpaired) electrons. The summed E-state index contributed by atoms with van der Waals surface area (Å²) in [5.74, 6) is 0.0495. The van der Waals surface area contributed by atoms with E-state index in [9.17, 15) is 0 Å². The van der Waals surface area contributed by atoms with Gasteiger partial charge in [0.2, 0.25) is 0 Å². The SMILES string of the molecule is CC(C#N)CN(C)C(C)c1cccc(N)c1. The molecule has 0 spiro atoms. The van der Waals surface area contributed by atoms with Crippen molar-refractivity contribution in [2.75, 3.05) is 19.3 Å². The van der Waals surface area contributed by atoms with Crippen LogP contribution in [0.1, 0.15) is 25.5 Å². The van der Waals surface area contributed by atoms with Crippen molar-refractivity contribution in [2.45, 2.75) is 19.9 Å². The fourth-order valence-corrected chi connectivity index (χ4v) is 1.70. The van der Waals surface area contributed by atoms with Gasteiger partial charge in [0.1, 0.15) is 0 Å². The minimum atomic E-state index is 0.0495. The second-order valence-electron chi connectivity index (χ2n) is 4.32. The van der Waals surface area contributed by atoms with E-state index in [1.165, 1.54) is 5.56 Å². The monoisotopic (exact) mass is 217 g/mol. The van der Waals surface area contributed by atoms with Gasteiger partial charge in [0.25, 0.3) is 0 Å². The summed E-state index contributed by atoms with van der Waals surface area (Å²) in [4.78, 5) is 2.17. The molecule has 86 valence electrons. The van der Waals surface area contributed by atoms with Crippen LogP contribution in [-0.2, 0) is 0 Å². The standard InChI is InChI=1S/C13H19N3/c1-10(8-14)9-16(3)11(2)12-5-4-6-13(15)7-12/h4-7,10-11H,9,15H2,1-3H3. The van der Waals surface area contributed by atoms with Crippen molar-refractivity contribution in [3.63, 3.8) is 0 Å². The van der Waals surface area contributed by atoms with Crippen LogP contribution in [0.5, 0.6) is 0 Å². The molecule has 3 heteroatoms. The minimum Gasteiger partial charge on any atom is -0.399 e. The molecule has 1 aromatic rings. The normalized spacial score (nSPS) is 14.4. The average Bonchev–Trinajstić information content (AvgIpc) is 2.27. The first-order chi connectivity index (χ1) is 7.54. The van der Waals surface area contributed by atoms with E-state index in [2.05, 4.69) is 24.0 Å². The lowest BCUT2D eigenvalue weighted by molar-refractivity contribution is 0.244. The van der Waals surface area contributed by atoms with E-state index in [0.717, 1.165) is 12.2 Å². The number of nitrogen functional groups attached to an aromatic ring is 1. The molecule has 0 saturated heterocycles. The van der Waals surface area contributed by atoms with Gasteiger partial charge in [-0.15, -0.1) is 0 Å². The Morgan fingerprint density at radius 2 is 2.12 bits per heavy atom. The largest absolute Gasteiger partial charge is 0.399 e. The predicted octanol–water partition coefficient (Wildman–Crippen LogP) is 2.42. The van der Waals surface area contributed by atoms with Gasteiger partial charge < -0.3 is 5.73 Å². The topological polar surface area (TPSA) is 53.0 Å². The fourth-order valence-electron chi connectivity index (χ4n) is 1.70. The molecule has 2 N–H and O–H groups in total. The van der Waals surface area contributed by atoms with Crippen molar-refractivity contribution in [2.24, 2.45) is 5.92 Å². The first-order valence-electron chi connectivity index (χ1n) is 5.50. The summed E-state index contributed by atoms with van der Waals surface area (Å²) in [6.45, 7) is 4.83. The smallest absolute Gasteiger partial charge is 0.0666 e. The molecule has 16 heavy (non-hydrogen) atoms. The zero-order chi connectivity index (χ0) is 12.1. The Bertz CT molecular complexity index is 381. The number of anilines is 1. The predicted molar refractivity (Wildman–Crippen MR) is 66.7 cm³/mol. The molecule has 0 heterocycles. The van der Waals surface area contributed by atoms with Gasteiger partial charge in [0.05, 0.1) is 12.0 Å². The molecule has 0 aliphatic rings. The number of hydrogen-bond donors (Lipinski definition) is 1. The average molecular weight is 217 g/mol. The lowest BCUT2D eigenvalue weighted by Gasteiger charge is -2.26. The van der Waals surface area contributed by atoms with Crippen LogP contribution in [0.25, 0.3) is 0 Å². The Kier molecular flexibility index (Phi) is 4.33. The van der Waals surface area contributed by atoms with E-state index >= 15 is 0 Å². The number of nitriles is 1. The van der Waals surface area contributed by atoms with Gasteiger partial charge in [-0.3, -0.25) is 4.90 Å². The summed E-state index contributed by atoms with van der Waals surface area (Å²) in [5.41, 5.74) is 7.72. The van der Waals surface area contributed by atoms with E-state index in [1.54, 1.807) is 0 Å². The summed E-state index contributed by atoms with van der Waals surface area (Å²) < 4.78 is 0. The first kappa shape index (κ1) is 12.5. The third-order valence-corrected chi connectivity index (χ3v) is 2.84. The van der Waals surface area contributed by atoms with Crippen LogP contribution in [0.2, 0.25) is 0 Å². The first-order valence-corrected chi connectivity index (χ1v) is 5.50. The van der Waals surface area contributed by atoms with Crippen LogP contribution in [0.3, 0.4) is 0 Å². The molecule has 3 nitrogen and oxygen atoms in total. The van der Waals surface area contributed by atoms with E-state index < -0.39 is 0 Å². The third-order valence-electron chi connectivity index (χ3n) is 2.84. The fraction of sp³-hybridized carbons (Fsp3) is 0.462. The van der Waals surface area contributed by atoms with E-state index in [-0.39, 0.29) is 12.0 Å². The number of rotatable bonds is 4. The molecule has 0 fully saturated rings. The number of nitrogens with zero attached hydrogens (tertiary/aromatic N) is 2. The van der Waals surface area contributed by atoms with Gasteiger partial charge in [-0.2, -0.15) is 5.26 Å². The number of benzene rings is 1. The molecule has 0 bridgehead atoms. The molecule has 0 aromatic heterocycles. The van der Waals surface area contributed by atoms with Crippen molar-refractivity contribution in [3.8, 4) is 6.07 Å². The molecule has 0 aliphatic heterocycles. The molecule has 2 unspecified atom stereocenters. The summed E-state index contributed by atoms with van der Waals surface area (Å²) in [5, 5.41) is 8.78. The molecule has 1 aromatic carbocycles. The Morgan fingerprint density at radius 3 is 2.69 bits per heavy atom. The number of hydrogen-bond acceptors (Lipinski definition) is 3. The second-order valence-corrected chi connectivity index (χ2v) is 4.32. The molecule has 0 saturated carbocycles. The van der Waals surface area contributed by atoms with Gasteiger partial charge in [-0.25, -0.2) is 0 Å². The zero-order valence-electron chi connectivity index (χ0n) is 10.1. The van der Waals surface area contributed by atoms with E-state index in [0.29, 0.717) is 0 Å². The van der Waals surface area contributed by atoms with Gasteiger partial charge >= 0.3 is 0 Å². The van der Waals surface area contributed by atoms with Crippen molar-refractivity contribution < 1.29 is 0 Å². The zero-order valence-corrected chi connectivity index (χ0v) is 10.1. The van der Waals surface area contributed by atoms with Crippen LogP contribution in [0.15, 0.2) is 24.3 Å². The van der Waals surface area contributed by atoms with Crippen molar-refractivity contribution in [1.29, 1.82) is 5.26 Å². The Morgan fingerprint density at radius 1 is 1.44 bits per heavy atom. The lowest BCUT2D eigenvalue weighted by Crippen LogP contribution is -2.27. The second kappa shape index (κ2) is 5.53. The molecule has 1 rings (SSSR count). The Hall–Kier alpha value is -1.53. The van der Waals surface area contributed by atoms with Crippen LogP contribution < -0.4 is 5.73 Å². The minimum absolute atomic E-state index is 0.0495. The van der Waals surface area contributed by atoms with Crippen molar-refractivity contribution in [1.82, 2.24) is 4.90 Å². The van der Waals surface area contributed by atoms with Crippen molar-refractivity contribution >= 4 is 5.69 Å². The molecular weight excluding hydrogens is 198 g/mol. The van der Waals surface area contributed by atoms with Crippen LogP contribution in [0, 0.1) is 17.2 Å². The summed E-state index contributed by atoms with van der Waals surface area (Å²) >= 11 is 0. The maximum atomic E-state index is 8.78. The quantitative estimate of drug-likeness (QED) is 0.788. The maximum absolute atomic E-state index is 8.78. The van der Waals surface area contributed by atoms with Crippen molar-refractivity contribution in [3.05, 3.63) is 29.8 Å². The highest BCUT2D eigenvalue weighted by atomic mass is 15.1. The summed E-state index contributed by atoms with van der Waals surface area (Å²) in [6.07, 6.45) is 0. The molecular formula is C13H19N3. The summed E-state index contributed by atoms with van der Waals surface area (Å²) in [7, 11) is 2.03. The Balaban J connectivity index is 2.71. The third kappa shape index (κ3) is 3.25. The highest BCUT2D eigenvalue weighted by molar-refractivity contribution is 5.41. The van der Waals surface area contributed by atoms with Gasteiger partial charge in [-0.1, -0.05) is 12.1 Å². The van der Waals surface area contributed by atoms with Gasteiger partial charge in [0.15, 0.2) is 0 Å².